The number of unbranched alkanes of at least 4 members (excludes halogenated alkanes) is 55. The van der Waals surface area contributed by atoms with E-state index >= 15 is 0 Å². The van der Waals surface area contributed by atoms with Gasteiger partial charge in [-0.1, -0.05) is 394 Å². The van der Waals surface area contributed by atoms with Gasteiger partial charge in [0.15, 0.2) is 12.2 Å². The zero-order valence-corrected chi connectivity index (χ0v) is 68.5. The summed E-state index contributed by atoms with van der Waals surface area (Å²) in [5.41, 5.74) is 0. The summed E-state index contributed by atoms with van der Waals surface area (Å²) in [5, 5.41) is 10.6. The van der Waals surface area contributed by atoms with Crippen molar-refractivity contribution in [3.8, 4) is 0 Å². The summed E-state index contributed by atoms with van der Waals surface area (Å²) in [6.07, 6.45) is 68.2. The molecule has 102 heavy (non-hydrogen) atoms. The number of aliphatic hydroxyl groups is 1. The van der Waals surface area contributed by atoms with Crippen LogP contribution < -0.4 is 0 Å². The van der Waals surface area contributed by atoms with Gasteiger partial charge in [-0.25, -0.2) is 9.13 Å². The first-order valence-corrected chi connectivity index (χ1v) is 46.1. The van der Waals surface area contributed by atoms with Gasteiger partial charge in [-0.2, -0.15) is 0 Å². The Morgan fingerprint density at radius 1 is 0.265 bits per heavy atom. The number of phosphoric acid groups is 2. The summed E-state index contributed by atoms with van der Waals surface area (Å²) in [7, 11) is -9.92. The number of aliphatic hydroxyl groups excluding tert-OH is 1. The first-order chi connectivity index (χ1) is 49.5. The monoisotopic (exact) mass is 1490 g/mol. The van der Waals surface area contributed by atoms with Crippen LogP contribution in [0, 0.1) is 5.92 Å². The summed E-state index contributed by atoms with van der Waals surface area (Å²) < 4.78 is 68.7. The molecule has 0 aliphatic heterocycles. The molecular formula is C83H162O17P2. The van der Waals surface area contributed by atoms with Crippen LogP contribution in [0.15, 0.2) is 0 Å². The number of phosphoric ester groups is 2. The summed E-state index contributed by atoms with van der Waals surface area (Å²) >= 11 is 0. The molecule has 0 aromatic heterocycles. The first kappa shape index (κ1) is 100. The van der Waals surface area contributed by atoms with E-state index in [0.29, 0.717) is 25.7 Å². The number of carbonyl (C=O) groups excluding carboxylic acids is 4. The lowest BCUT2D eigenvalue weighted by atomic mass is 10.0. The Kier molecular flexibility index (Phi) is 74.4. The van der Waals surface area contributed by atoms with Gasteiger partial charge in [-0.05, 0) is 31.6 Å². The minimum atomic E-state index is -4.96. The van der Waals surface area contributed by atoms with Gasteiger partial charge in [0.2, 0.25) is 0 Å². The molecule has 0 aromatic rings. The number of rotatable bonds is 83. The molecule has 17 nitrogen and oxygen atoms in total. The van der Waals surface area contributed by atoms with Crippen molar-refractivity contribution in [3.63, 3.8) is 0 Å². The lowest BCUT2D eigenvalue weighted by Gasteiger charge is -2.21. The average Bonchev–Trinajstić information content (AvgIpc) is 0.919. The van der Waals surface area contributed by atoms with E-state index < -0.39 is 97.5 Å². The highest BCUT2D eigenvalue weighted by Crippen LogP contribution is 2.45. The molecule has 606 valence electrons. The van der Waals surface area contributed by atoms with E-state index in [9.17, 15) is 43.2 Å². The van der Waals surface area contributed by atoms with Crippen molar-refractivity contribution >= 4 is 39.5 Å². The van der Waals surface area contributed by atoms with Gasteiger partial charge in [-0.3, -0.25) is 37.3 Å². The maximum absolute atomic E-state index is 13.1. The molecule has 0 amide bonds. The fourth-order valence-electron chi connectivity index (χ4n) is 12.9. The number of hydrogen-bond donors (Lipinski definition) is 3. The van der Waals surface area contributed by atoms with E-state index in [2.05, 4.69) is 34.6 Å². The maximum atomic E-state index is 13.1. The van der Waals surface area contributed by atoms with Crippen LogP contribution in [-0.2, 0) is 65.4 Å². The van der Waals surface area contributed by atoms with Crippen molar-refractivity contribution in [2.45, 2.75) is 464 Å². The Morgan fingerprint density at radius 2 is 0.451 bits per heavy atom. The lowest BCUT2D eigenvalue weighted by Crippen LogP contribution is -2.30. The molecule has 0 aliphatic carbocycles. The van der Waals surface area contributed by atoms with Gasteiger partial charge in [0.1, 0.15) is 19.3 Å². The van der Waals surface area contributed by atoms with Crippen LogP contribution in [0.3, 0.4) is 0 Å². The van der Waals surface area contributed by atoms with Crippen molar-refractivity contribution < 1.29 is 80.2 Å². The van der Waals surface area contributed by atoms with Crippen molar-refractivity contribution in [1.29, 1.82) is 0 Å². The van der Waals surface area contributed by atoms with E-state index in [1.54, 1.807) is 0 Å². The Bertz CT molecular complexity index is 1940. The molecule has 0 spiro atoms. The third-order valence-electron chi connectivity index (χ3n) is 19.5. The normalized spacial score (nSPS) is 13.8. The average molecular weight is 1490 g/mol. The number of ether oxygens (including phenoxy) is 4. The molecule has 5 atom stereocenters. The molecule has 0 fully saturated rings. The Morgan fingerprint density at radius 3 is 0.667 bits per heavy atom. The molecule has 0 aromatic carbocycles. The highest BCUT2D eigenvalue weighted by atomic mass is 31.2. The predicted octanol–water partition coefficient (Wildman–Crippen LogP) is 25.2. The summed E-state index contributed by atoms with van der Waals surface area (Å²) in [6.45, 7) is 7.29. The Hall–Kier alpha value is -1.94. The van der Waals surface area contributed by atoms with Crippen molar-refractivity contribution in [2.24, 2.45) is 5.92 Å². The van der Waals surface area contributed by atoms with Gasteiger partial charge < -0.3 is 33.8 Å². The SMILES string of the molecule is CCCCCCCCCCCCCCCCCCCCCCCCC(=O)O[C@H](COC(=O)CCCCCCCCCCCCCCCCCCCC)COP(=O)(O)OC[C@@H](O)COP(=O)(O)OC[C@@H](COC(=O)CCCCCCCCCCCCC)OC(=O)CCCCCCCCCCC(C)C. The standard InChI is InChI=1S/C83H162O17P2/c1-6-9-12-15-18-21-24-26-28-30-32-33-34-35-37-39-41-44-47-53-58-63-68-82(87)99-78(72-94-81(86)67-62-57-52-46-43-40-38-36-31-29-27-25-22-19-16-13-10-7-2)74-97-101(89,90)95-70-77(84)71-96-102(91,92)98-75-79(100-83(88)69-64-59-54-49-48-50-55-60-65-76(4)5)73-93-80(85)66-61-56-51-45-42-23-20-17-14-11-8-3/h76-79,84H,6-75H2,1-5H3,(H,89,90)(H,91,92)/t77-,78-,79-/m1/s1. The Labute approximate surface area is 626 Å². The largest absolute Gasteiger partial charge is 0.472 e. The van der Waals surface area contributed by atoms with E-state index in [0.717, 1.165) is 95.8 Å². The molecule has 19 heteroatoms. The van der Waals surface area contributed by atoms with Crippen LogP contribution in [-0.4, -0.2) is 96.7 Å². The van der Waals surface area contributed by atoms with Crippen molar-refractivity contribution in [2.75, 3.05) is 39.6 Å². The molecule has 0 saturated heterocycles. The topological polar surface area (TPSA) is 237 Å². The third-order valence-corrected chi connectivity index (χ3v) is 21.4. The van der Waals surface area contributed by atoms with Crippen LogP contribution >= 0.6 is 15.6 Å². The predicted molar refractivity (Wildman–Crippen MR) is 418 cm³/mol. The van der Waals surface area contributed by atoms with Crippen LogP contribution in [0.25, 0.3) is 0 Å². The zero-order chi connectivity index (χ0) is 74.8. The second kappa shape index (κ2) is 75.9. The van der Waals surface area contributed by atoms with Gasteiger partial charge in [0.05, 0.1) is 26.4 Å². The van der Waals surface area contributed by atoms with Crippen LogP contribution in [0.5, 0.6) is 0 Å². The highest BCUT2D eigenvalue weighted by molar-refractivity contribution is 7.47. The van der Waals surface area contributed by atoms with Crippen molar-refractivity contribution in [1.82, 2.24) is 0 Å². The molecule has 0 bridgehead atoms. The smallest absolute Gasteiger partial charge is 0.462 e. The number of carbonyl (C=O) groups is 4. The van der Waals surface area contributed by atoms with E-state index in [1.807, 2.05) is 0 Å². The second-order valence-corrected chi connectivity index (χ2v) is 33.3. The molecule has 2 unspecified atom stereocenters. The van der Waals surface area contributed by atoms with Gasteiger partial charge in [-0.15, -0.1) is 0 Å². The minimum Gasteiger partial charge on any atom is -0.462 e. The molecule has 0 heterocycles. The highest BCUT2D eigenvalue weighted by Gasteiger charge is 2.30. The van der Waals surface area contributed by atoms with Gasteiger partial charge in [0.25, 0.3) is 0 Å². The lowest BCUT2D eigenvalue weighted by molar-refractivity contribution is -0.161. The maximum Gasteiger partial charge on any atom is 0.472 e. The van der Waals surface area contributed by atoms with Crippen LogP contribution in [0.4, 0.5) is 0 Å². The van der Waals surface area contributed by atoms with E-state index in [1.165, 1.54) is 270 Å². The molecular weight excluding hydrogens is 1330 g/mol. The number of esters is 4. The van der Waals surface area contributed by atoms with Gasteiger partial charge in [0, 0.05) is 25.7 Å². The molecule has 0 rings (SSSR count). The fraction of sp³-hybridized carbons (Fsp3) is 0.952. The summed E-state index contributed by atoms with van der Waals surface area (Å²) in [4.78, 5) is 73.0. The summed E-state index contributed by atoms with van der Waals surface area (Å²) in [6, 6.07) is 0. The minimum absolute atomic E-state index is 0.105. The zero-order valence-electron chi connectivity index (χ0n) is 66.8. The second-order valence-electron chi connectivity index (χ2n) is 30.3. The Balaban J connectivity index is 5.20. The molecule has 3 N–H and O–H groups in total. The summed E-state index contributed by atoms with van der Waals surface area (Å²) in [5.74, 6) is -1.39. The van der Waals surface area contributed by atoms with Crippen molar-refractivity contribution in [3.05, 3.63) is 0 Å². The quantitative estimate of drug-likeness (QED) is 0.0222. The number of hydrogen-bond acceptors (Lipinski definition) is 15. The van der Waals surface area contributed by atoms with Crippen LogP contribution in [0.2, 0.25) is 0 Å². The van der Waals surface area contributed by atoms with E-state index in [-0.39, 0.29) is 25.7 Å². The first-order valence-electron chi connectivity index (χ1n) is 43.1. The van der Waals surface area contributed by atoms with Gasteiger partial charge >= 0.3 is 39.5 Å². The molecule has 0 aliphatic rings. The molecule has 0 radical (unpaired) electrons. The fourth-order valence-corrected chi connectivity index (χ4v) is 14.5. The van der Waals surface area contributed by atoms with E-state index in [4.69, 9.17) is 37.0 Å². The third kappa shape index (κ3) is 76.3. The van der Waals surface area contributed by atoms with Crippen LogP contribution in [0.1, 0.15) is 446 Å². The molecule has 0 saturated carbocycles.